The van der Waals surface area contributed by atoms with Crippen LogP contribution in [0.2, 0.25) is 0 Å². The number of anilines is 2. The molecule has 0 saturated heterocycles. The van der Waals surface area contributed by atoms with Crippen LogP contribution >= 0.6 is 0 Å². The minimum absolute atomic E-state index is 0.132. The van der Waals surface area contributed by atoms with Gasteiger partial charge in [0, 0.05) is 31.8 Å². The smallest absolute Gasteiger partial charge is 0.171 e. The molecule has 0 unspecified atom stereocenters. The van der Waals surface area contributed by atoms with Gasteiger partial charge in [0.25, 0.3) is 0 Å². The van der Waals surface area contributed by atoms with Crippen LogP contribution in [0.4, 0.5) is 11.5 Å². The molecule has 0 aliphatic rings. The van der Waals surface area contributed by atoms with Gasteiger partial charge in [-0.1, -0.05) is 13.8 Å². The first-order valence-corrected chi connectivity index (χ1v) is 4.58. The molecule has 0 fully saturated rings. The Kier molecular flexibility index (Phi) is 3.00. The van der Waals surface area contributed by atoms with Crippen LogP contribution in [-0.2, 0) is 7.05 Å². The first-order chi connectivity index (χ1) is 6.44. The molecule has 80 valence electrons. The fourth-order valence-electron chi connectivity index (χ4n) is 1.02. The van der Waals surface area contributed by atoms with E-state index in [2.05, 4.69) is 10.4 Å². The second-order valence-electron chi connectivity index (χ2n) is 4.28. The third-order valence-electron chi connectivity index (χ3n) is 2.02. The highest BCUT2D eigenvalue weighted by Crippen LogP contribution is 2.18. The highest BCUT2D eigenvalue weighted by Gasteiger charge is 2.17. The molecular formula is C9H18N4O. The number of aliphatic hydroxyl groups excluding tert-OH is 1. The Morgan fingerprint density at radius 2 is 2.29 bits per heavy atom. The molecule has 1 heterocycles. The van der Waals surface area contributed by atoms with E-state index in [1.807, 2.05) is 20.9 Å². The Hall–Kier alpha value is -1.23. The van der Waals surface area contributed by atoms with E-state index >= 15 is 0 Å². The molecule has 14 heavy (non-hydrogen) atoms. The van der Waals surface area contributed by atoms with Crippen molar-refractivity contribution >= 4 is 11.5 Å². The lowest BCUT2D eigenvalue weighted by Gasteiger charge is -2.21. The van der Waals surface area contributed by atoms with Crippen LogP contribution in [0.3, 0.4) is 0 Å². The molecule has 1 rings (SSSR count). The third kappa shape index (κ3) is 2.63. The fourth-order valence-corrected chi connectivity index (χ4v) is 1.02. The zero-order chi connectivity index (χ0) is 10.8. The van der Waals surface area contributed by atoms with Gasteiger partial charge in [-0.15, -0.1) is 0 Å². The van der Waals surface area contributed by atoms with Gasteiger partial charge >= 0.3 is 0 Å². The van der Waals surface area contributed by atoms with E-state index in [1.54, 1.807) is 10.9 Å². The number of aliphatic hydroxyl groups is 1. The van der Waals surface area contributed by atoms with Crippen LogP contribution in [-0.4, -0.2) is 28.0 Å². The van der Waals surface area contributed by atoms with Crippen LogP contribution in [0.5, 0.6) is 0 Å². The van der Waals surface area contributed by atoms with Crippen LogP contribution in [0, 0.1) is 5.41 Å². The number of hydrogen-bond donors (Lipinski definition) is 3. The summed E-state index contributed by atoms with van der Waals surface area (Å²) in [6.07, 6.45) is 1.74. The summed E-state index contributed by atoms with van der Waals surface area (Å²) in [4.78, 5) is 0. The summed E-state index contributed by atoms with van der Waals surface area (Å²) in [5.41, 5.74) is 6.17. The molecule has 0 aliphatic heterocycles. The Balaban J connectivity index is 2.58. The van der Waals surface area contributed by atoms with Crippen LogP contribution in [0.25, 0.3) is 0 Å². The maximum atomic E-state index is 9.05. The van der Waals surface area contributed by atoms with Gasteiger partial charge in [-0.3, -0.25) is 4.68 Å². The van der Waals surface area contributed by atoms with Crippen molar-refractivity contribution < 1.29 is 5.11 Å². The maximum absolute atomic E-state index is 9.05. The van der Waals surface area contributed by atoms with Crippen molar-refractivity contribution in [1.29, 1.82) is 0 Å². The zero-order valence-electron chi connectivity index (χ0n) is 8.91. The predicted molar refractivity (Wildman–Crippen MR) is 57.0 cm³/mol. The lowest BCUT2D eigenvalue weighted by molar-refractivity contribution is 0.170. The quantitative estimate of drug-likeness (QED) is 0.656. The van der Waals surface area contributed by atoms with Gasteiger partial charge in [0.05, 0.1) is 5.69 Å². The molecule has 0 spiro atoms. The summed E-state index contributed by atoms with van der Waals surface area (Å²) in [6, 6.07) is 0. The van der Waals surface area contributed by atoms with Crippen LogP contribution in [0.1, 0.15) is 13.8 Å². The lowest BCUT2D eigenvalue weighted by atomic mass is 9.95. The van der Waals surface area contributed by atoms with Crippen molar-refractivity contribution in [2.24, 2.45) is 12.5 Å². The molecule has 0 aromatic carbocycles. The summed E-state index contributed by atoms with van der Waals surface area (Å²) in [6.45, 7) is 4.72. The normalized spacial score (nSPS) is 11.7. The summed E-state index contributed by atoms with van der Waals surface area (Å²) in [5, 5.41) is 16.3. The number of rotatable bonds is 4. The number of nitrogens with one attached hydrogen (secondary N) is 1. The van der Waals surface area contributed by atoms with Crippen molar-refractivity contribution in [3.8, 4) is 0 Å². The minimum atomic E-state index is -0.163. The lowest BCUT2D eigenvalue weighted by Crippen LogP contribution is -2.27. The molecule has 4 N–H and O–H groups in total. The molecule has 0 saturated carbocycles. The molecule has 0 atom stereocenters. The van der Waals surface area contributed by atoms with Gasteiger partial charge < -0.3 is 16.2 Å². The van der Waals surface area contributed by atoms with E-state index in [4.69, 9.17) is 10.8 Å². The van der Waals surface area contributed by atoms with Crippen molar-refractivity contribution in [2.75, 3.05) is 24.2 Å². The largest absolute Gasteiger partial charge is 0.396 e. The number of aromatic nitrogens is 2. The molecular weight excluding hydrogens is 180 g/mol. The van der Waals surface area contributed by atoms with E-state index < -0.39 is 0 Å². The first-order valence-electron chi connectivity index (χ1n) is 4.58. The van der Waals surface area contributed by atoms with Crippen molar-refractivity contribution in [2.45, 2.75) is 13.8 Å². The summed E-state index contributed by atoms with van der Waals surface area (Å²) < 4.78 is 1.66. The van der Waals surface area contributed by atoms with Crippen LogP contribution in [0.15, 0.2) is 6.20 Å². The van der Waals surface area contributed by atoms with Gasteiger partial charge in [-0.25, -0.2) is 0 Å². The van der Waals surface area contributed by atoms with Gasteiger partial charge in [0.15, 0.2) is 5.82 Å². The Bertz CT molecular complexity index is 306. The monoisotopic (exact) mass is 198 g/mol. The highest BCUT2D eigenvalue weighted by molar-refractivity contribution is 5.59. The molecule has 0 bridgehead atoms. The zero-order valence-corrected chi connectivity index (χ0v) is 8.91. The Labute approximate surface area is 83.9 Å². The number of hydrogen-bond acceptors (Lipinski definition) is 4. The van der Waals surface area contributed by atoms with E-state index in [-0.39, 0.29) is 12.0 Å². The standard InChI is InChI=1S/C9H18N4O/c1-9(2,6-14)5-11-8-7(10)4-13(3)12-8/h4,14H,5-6,10H2,1-3H3,(H,11,12). The van der Waals surface area contributed by atoms with E-state index in [0.717, 1.165) is 0 Å². The van der Waals surface area contributed by atoms with Crippen molar-refractivity contribution in [3.63, 3.8) is 0 Å². The number of nitrogen functional groups attached to an aromatic ring is 1. The van der Waals surface area contributed by atoms with Crippen LogP contribution < -0.4 is 11.1 Å². The van der Waals surface area contributed by atoms with Gasteiger partial charge in [0.1, 0.15) is 0 Å². The molecule has 1 aromatic rings. The van der Waals surface area contributed by atoms with Gasteiger partial charge in [-0.05, 0) is 0 Å². The number of nitrogens with two attached hydrogens (primary N) is 1. The fraction of sp³-hybridized carbons (Fsp3) is 0.667. The van der Waals surface area contributed by atoms with E-state index in [1.165, 1.54) is 0 Å². The second-order valence-corrected chi connectivity index (χ2v) is 4.28. The number of aryl methyl sites for hydroxylation is 1. The van der Waals surface area contributed by atoms with E-state index in [0.29, 0.717) is 18.1 Å². The SMILES string of the molecule is Cn1cc(N)c(NCC(C)(C)CO)n1. The average molecular weight is 198 g/mol. The molecule has 5 heteroatoms. The summed E-state index contributed by atoms with van der Waals surface area (Å²) in [5.74, 6) is 0.675. The molecule has 0 radical (unpaired) electrons. The topological polar surface area (TPSA) is 76.1 Å². The Morgan fingerprint density at radius 3 is 2.71 bits per heavy atom. The average Bonchev–Trinajstić information content (AvgIpc) is 2.42. The minimum Gasteiger partial charge on any atom is -0.396 e. The first kappa shape index (κ1) is 10.8. The molecule has 1 aromatic heterocycles. The predicted octanol–water partition coefficient (Wildman–Crippen LogP) is 0.433. The highest BCUT2D eigenvalue weighted by atomic mass is 16.3. The third-order valence-corrected chi connectivity index (χ3v) is 2.02. The second kappa shape index (κ2) is 3.88. The molecule has 0 aliphatic carbocycles. The maximum Gasteiger partial charge on any atom is 0.171 e. The molecule has 5 nitrogen and oxygen atoms in total. The van der Waals surface area contributed by atoms with E-state index in [9.17, 15) is 0 Å². The number of nitrogens with zero attached hydrogens (tertiary/aromatic N) is 2. The summed E-state index contributed by atoms with van der Waals surface area (Å²) in [7, 11) is 1.82. The van der Waals surface area contributed by atoms with Gasteiger partial charge in [0.2, 0.25) is 0 Å². The van der Waals surface area contributed by atoms with Crippen molar-refractivity contribution in [1.82, 2.24) is 9.78 Å². The van der Waals surface area contributed by atoms with Crippen molar-refractivity contribution in [3.05, 3.63) is 6.20 Å². The van der Waals surface area contributed by atoms with Gasteiger partial charge in [-0.2, -0.15) is 5.10 Å². The molecule has 0 amide bonds. The summed E-state index contributed by atoms with van der Waals surface area (Å²) >= 11 is 0. The Morgan fingerprint density at radius 1 is 1.64 bits per heavy atom.